The number of nitrogens with two attached hydrogens (primary N) is 1. The molecule has 0 bridgehead atoms. The average molecular weight is 236 g/mol. The van der Waals surface area contributed by atoms with E-state index in [1.807, 2.05) is 0 Å². The van der Waals surface area contributed by atoms with Crippen LogP contribution in [-0.2, 0) is 4.79 Å². The Balaban J connectivity index is 2.95. The summed E-state index contributed by atoms with van der Waals surface area (Å²) in [6, 6.07) is 2.55. The molecule has 0 saturated carbocycles. The minimum Gasteiger partial charge on any atom is -0.505 e. The van der Waals surface area contributed by atoms with Crippen molar-refractivity contribution in [1.29, 1.82) is 0 Å². The third-order valence-corrected chi connectivity index (χ3v) is 1.96. The first-order chi connectivity index (χ1) is 6.54. The predicted octanol–water partition coefficient (Wildman–Crippen LogP) is 1.56. The smallest absolute Gasteiger partial charge is 0.325 e. The average Bonchev–Trinajstić information content (AvgIpc) is 2.14. The number of hydrogen-bond donors (Lipinski definition) is 2. The number of rotatable bonds is 2. The van der Waals surface area contributed by atoms with E-state index in [1.54, 1.807) is 0 Å². The van der Waals surface area contributed by atoms with Gasteiger partial charge >= 0.3 is 5.97 Å². The SMILES string of the molecule is NCC(=O)Oc1cc(Cl)c(O)c(Cl)c1. The predicted molar refractivity (Wildman–Crippen MR) is 52.8 cm³/mol. The van der Waals surface area contributed by atoms with Gasteiger partial charge in [0.25, 0.3) is 0 Å². The number of benzene rings is 1. The van der Waals surface area contributed by atoms with Crippen LogP contribution in [0.2, 0.25) is 10.0 Å². The van der Waals surface area contributed by atoms with Crippen molar-refractivity contribution in [3.8, 4) is 11.5 Å². The third-order valence-electron chi connectivity index (χ3n) is 1.39. The van der Waals surface area contributed by atoms with Crippen LogP contribution in [0.5, 0.6) is 11.5 Å². The van der Waals surface area contributed by atoms with Crippen LogP contribution in [0.1, 0.15) is 0 Å². The number of carbonyl (C=O) groups is 1. The zero-order chi connectivity index (χ0) is 10.7. The second kappa shape index (κ2) is 4.50. The molecule has 4 nitrogen and oxygen atoms in total. The van der Waals surface area contributed by atoms with Gasteiger partial charge in [-0.1, -0.05) is 23.2 Å². The minimum atomic E-state index is -0.608. The first kappa shape index (κ1) is 11.1. The summed E-state index contributed by atoms with van der Waals surface area (Å²) < 4.78 is 4.74. The highest BCUT2D eigenvalue weighted by atomic mass is 35.5. The molecule has 14 heavy (non-hydrogen) atoms. The van der Waals surface area contributed by atoms with Crippen molar-refractivity contribution in [2.24, 2.45) is 5.73 Å². The Hall–Kier alpha value is -0.970. The molecular weight excluding hydrogens is 229 g/mol. The van der Waals surface area contributed by atoms with Crippen LogP contribution in [-0.4, -0.2) is 17.6 Å². The molecule has 0 spiro atoms. The molecule has 1 aromatic carbocycles. The summed E-state index contributed by atoms with van der Waals surface area (Å²) >= 11 is 11.2. The Morgan fingerprint density at radius 1 is 1.43 bits per heavy atom. The summed E-state index contributed by atoms with van der Waals surface area (Å²) in [5, 5.41) is 9.22. The van der Waals surface area contributed by atoms with Crippen LogP contribution in [0.15, 0.2) is 12.1 Å². The number of carbonyl (C=O) groups excluding carboxylic acids is 1. The summed E-state index contributed by atoms with van der Waals surface area (Å²) in [5.41, 5.74) is 5.04. The van der Waals surface area contributed by atoms with Crippen molar-refractivity contribution in [1.82, 2.24) is 0 Å². The lowest BCUT2D eigenvalue weighted by atomic mass is 10.3. The fourth-order valence-corrected chi connectivity index (χ4v) is 1.24. The Morgan fingerprint density at radius 3 is 2.36 bits per heavy atom. The molecule has 0 amide bonds. The van der Waals surface area contributed by atoms with E-state index in [2.05, 4.69) is 0 Å². The van der Waals surface area contributed by atoms with Gasteiger partial charge in [0.2, 0.25) is 0 Å². The van der Waals surface area contributed by atoms with Gasteiger partial charge < -0.3 is 15.6 Å². The summed E-state index contributed by atoms with van der Waals surface area (Å²) in [4.78, 5) is 10.8. The molecule has 0 aliphatic heterocycles. The maximum Gasteiger partial charge on any atom is 0.325 e. The Bertz CT molecular complexity index is 345. The van der Waals surface area contributed by atoms with Crippen LogP contribution in [0.4, 0.5) is 0 Å². The second-order valence-electron chi connectivity index (χ2n) is 2.41. The van der Waals surface area contributed by atoms with Gasteiger partial charge in [0, 0.05) is 12.1 Å². The van der Waals surface area contributed by atoms with Crippen LogP contribution in [0, 0.1) is 0 Å². The topological polar surface area (TPSA) is 72.6 Å². The summed E-state index contributed by atoms with van der Waals surface area (Å²) in [6.07, 6.45) is 0. The van der Waals surface area contributed by atoms with Gasteiger partial charge in [0.1, 0.15) is 5.75 Å². The number of ether oxygens (including phenoxy) is 1. The molecule has 0 heterocycles. The molecule has 1 aromatic rings. The quantitative estimate of drug-likeness (QED) is 0.603. The zero-order valence-electron chi connectivity index (χ0n) is 6.96. The molecule has 0 aliphatic carbocycles. The fraction of sp³-hybridized carbons (Fsp3) is 0.125. The molecule has 0 radical (unpaired) electrons. The largest absolute Gasteiger partial charge is 0.505 e. The summed E-state index contributed by atoms with van der Waals surface area (Å²) in [5.74, 6) is -0.711. The highest BCUT2D eigenvalue weighted by Crippen LogP contribution is 2.35. The number of phenols is 1. The van der Waals surface area contributed by atoms with Crippen LogP contribution >= 0.6 is 23.2 Å². The van der Waals surface area contributed by atoms with Gasteiger partial charge in [0.15, 0.2) is 5.75 Å². The van der Waals surface area contributed by atoms with Gasteiger partial charge in [-0.15, -0.1) is 0 Å². The number of hydrogen-bond acceptors (Lipinski definition) is 4. The molecule has 0 aliphatic rings. The molecule has 0 aromatic heterocycles. The minimum absolute atomic E-state index is 0.0114. The second-order valence-corrected chi connectivity index (χ2v) is 3.23. The van der Waals surface area contributed by atoms with E-state index in [0.717, 1.165) is 0 Å². The summed E-state index contributed by atoms with van der Waals surface area (Å²) in [6.45, 7) is -0.240. The maximum atomic E-state index is 10.8. The first-order valence-corrected chi connectivity index (χ1v) is 4.39. The molecular formula is C8H7Cl2NO3. The van der Waals surface area contributed by atoms with Gasteiger partial charge in [-0.3, -0.25) is 4.79 Å². The normalized spacial score (nSPS) is 9.93. The van der Waals surface area contributed by atoms with Crippen molar-refractivity contribution in [3.05, 3.63) is 22.2 Å². The van der Waals surface area contributed by atoms with Crippen molar-refractivity contribution in [2.75, 3.05) is 6.54 Å². The summed E-state index contributed by atoms with van der Waals surface area (Å²) in [7, 11) is 0. The standard InChI is InChI=1S/C8H7Cl2NO3/c9-5-1-4(14-7(12)3-11)2-6(10)8(5)13/h1-2,13H,3,11H2. The van der Waals surface area contributed by atoms with Gasteiger partial charge in [0.05, 0.1) is 16.6 Å². The fourth-order valence-electron chi connectivity index (χ4n) is 0.774. The van der Waals surface area contributed by atoms with Gasteiger partial charge in [-0.25, -0.2) is 0 Å². The Morgan fingerprint density at radius 2 is 1.93 bits per heavy atom. The number of halogens is 2. The number of phenolic OH excluding ortho intramolecular Hbond substituents is 1. The third kappa shape index (κ3) is 2.51. The first-order valence-electron chi connectivity index (χ1n) is 3.63. The molecule has 76 valence electrons. The zero-order valence-corrected chi connectivity index (χ0v) is 8.47. The van der Waals surface area contributed by atoms with E-state index in [1.165, 1.54) is 12.1 Å². The van der Waals surface area contributed by atoms with E-state index in [-0.39, 0.29) is 28.1 Å². The highest BCUT2D eigenvalue weighted by molar-refractivity contribution is 6.37. The molecule has 0 atom stereocenters. The van der Waals surface area contributed by atoms with Crippen LogP contribution < -0.4 is 10.5 Å². The highest BCUT2D eigenvalue weighted by Gasteiger charge is 2.09. The molecule has 0 unspecified atom stereocenters. The molecule has 3 N–H and O–H groups in total. The van der Waals surface area contributed by atoms with Gasteiger partial charge in [-0.2, -0.15) is 0 Å². The van der Waals surface area contributed by atoms with Crippen molar-refractivity contribution >= 4 is 29.2 Å². The van der Waals surface area contributed by atoms with E-state index < -0.39 is 5.97 Å². The van der Waals surface area contributed by atoms with E-state index in [9.17, 15) is 9.90 Å². The molecule has 6 heteroatoms. The van der Waals surface area contributed by atoms with Crippen LogP contribution in [0.25, 0.3) is 0 Å². The molecule has 1 rings (SSSR count). The van der Waals surface area contributed by atoms with Gasteiger partial charge in [-0.05, 0) is 0 Å². The Labute approximate surface area is 90.2 Å². The monoisotopic (exact) mass is 235 g/mol. The van der Waals surface area contributed by atoms with Crippen LogP contribution in [0.3, 0.4) is 0 Å². The lowest BCUT2D eigenvalue weighted by Crippen LogP contribution is -2.19. The van der Waals surface area contributed by atoms with Crippen molar-refractivity contribution in [3.63, 3.8) is 0 Å². The van der Waals surface area contributed by atoms with E-state index in [4.69, 9.17) is 33.7 Å². The van der Waals surface area contributed by atoms with E-state index in [0.29, 0.717) is 0 Å². The maximum absolute atomic E-state index is 10.8. The number of esters is 1. The molecule has 0 saturated heterocycles. The van der Waals surface area contributed by atoms with Crippen molar-refractivity contribution in [2.45, 2.75) is 0 Å². The lowest BCUT2D eigenvalue weighted by molar-refractivity contribution is -0.132. The number of aromatic hydroxyl groups is 1. The lowest BCUT2D eigenvalue weighted by Gasteiger charge is -2.05. The van der Waals surface area contributed by atoms with E-state index >= 15 is 0 Å². The Kier molecular flexibility index (Phi) is 3.57. The molecule has 0 fully saturated rings. The van der Waals surface area contributed by atoms with Crippen molar-refractivity contribution < 1.29 is 14.6 Å².